The van der Waals surface area contributed by atoms with Crippen molar-refractivity contribution in [2.75, 3.05) is 18.5 Å². The maximum absolute atomic E-state index is 4.49. The van der Waals surface area contributed by atoms with Gasteiger partial charge in [-0.3, -0.25) is 0 Å². The molecule has 0 bridgehead atoms. The fourth-order valence-electron chi connectivity index (χ4n) is 1.70. The summed E-state index contributed by atoms with van der Waals surface area (Å²) in [5.41, 5.74) is 1.26. The van der Waals surface area contributed by atoms with E-state index in [2.05, 4.69) is 56.0 Å². The zero-order chi connectivity index (χ0) is 12.1. The van der Waals surface area contributed by atoms with Crippen LogP contribution in [0.5, 0.6) is 0 Å². The SMILES string of the molecule is CCNC(C)c1cccnc1N(C)C(C)C. The van der Waals surface area contributed by atoms with Crippen molar-refractivity contribution < 1.29 is 0 Å². The number of nitrogens with zero attached hydrogens (tertiary/aromatic N) is 2. The Bertz CT molecular complexity index is 323. The van der Waals surface area contributed by atoms with Crippen LogP contribution in [0.3, 0.4) is 0 Å². The molecule has 1 aromatic heterocycles. The van der Waals surface area contributed by atoms with E-state index in [1.54, 1.807) is 0 Å². The summed E-state index contributed by atoms with van der Waals surface area (Å²) >= 11 is 0. The second-order valence-corrected chi connectivity index (χ2v) is 4.40. The van der Waals surface area contributed by atoms with E-state index < -0.39 is 0 Å². The Morgan fingerprint density at radius 2 is 2.06 bits per heavy atom. The van der Waals surface area contributed by atoms with Gasteiger partial charge in [-0.1, -0.05) is 13.0 Å². The molecule has 0 aromatic carbocycles. The molecule has 1 N–H and O–H groups in total. The lowest BCUT2D eigenvalue weighted by molar-refractivity contribution is 0.591. The number of rotatable bonds is 5. The largest absolute Gasteiger partial charge is 0.357 e. The van der Waals surface area contributed by atoms with E-state index in [9.17, 15) is 0 Å². The number of aromatic nitrogens is 1. The highest BCUT2D eigenvalue weighted by atomic mass is 15.2. The maximum Gasteiger partial charge on any atom is 0.133 e. The molecule has 0 fully saturated rings. The van der Waals surface area contributed by atoms with Crippen LogP contribution in [0.25, 0.3) is 0 Å². The molecule has 0 saturated heterocycles. The molecule has 0 spiro atoms. The smallest absolute Gasteiger partial charge is 0.133 e. The van der Waals surface area contributed by atoms with Crippen LogP contribution < -0.4 is 10.2 Å². The monoisotopic (exact) mass is 221 g/mol. The van der Waals surface area contributed by atoms with Crippen LogP contribution in [0.15, 0.2) is 18.3 Å². The molecule has 0 radical (unpaired) electrons. The lowest BCUT2D eigenvalue weighted by Gasteiger charge is -2.27. The Morgan fingerprint density at radius 1 is 1.38 bits per heavy atom. The quantitative estimate of drug-likeness (QED) is 0.828. The Balaban J connectivity index is 2.99. The van der Waals surface area contributed by atoms with Crippen molar-refractivity contribution >= 4 is 5.82 Å². The highest BCUT2D eigenvalue weighted by molar-refractivity contribution is 5.48. The van der Waals surface area contributed by atoms with Crippen molar-refractivity contribution in [1.82, 2.24) is 10.3 Å². The van der Waals surface area contributed by atoms with Gasteiger partial charge < -0.3 is 10.2 Å². The Labute approximate surface area is 98.9 Å². The average Bonchev–Trinajstić information content (AvgIpc) is 2.28. The molecular formula is C13H23N3. The van der Waals surface area contributed by atoms with Crippen molar-refractivity contribution in [1.29, 1.82) is 0 Å². The molecule has 0 aliphatic heterocycles. The van der Waals surface area contributed by atoms with Gasteiger partial charge in [0.15, 0.2) is 0 Å². The number of anilines is 1. The molecule has 16 heavy (non-hydrogen) atoms. The van der Waals surface area contributed by atoms with Crippen LogP contribution in [-0.2, 0) is 0 Å². The first-order valence-corrected chi connectivity index (χ1v) is 5.99. The molecule has 1 atom stereocenters. The van der Waals surface area contributed by atoms with Gasteiger partial charge in [-0.15, -0.1) is 0 Å². The molecule has 1 rings (SSSR count). The minimum atomic E-state index is 0.342. The van der Waals surface area contributed by atoms with Crippen molar-refractivity contribution in [2.45, 2.75) is 39.8 Å². The van der Waals surface area contributed by atoms with Gasteiger partial charge in [-0.05, 0) is 33.4 Å². The van der Waals surface area contributed by atoms with Crippen LogP contribution in [-0.4, -0.2) is 24.6 Å². The summed E-state index contributed by atoms with van der Waals surface area (Å²) in [6.45, 7) is 9.63. The fourth-order valence-corrected chi connectivity index (χ4v) is 1.70. The van der Waals surface area contributed by atoms with Crippen molar-refractivity contribution in [3.05, 3.63) is 23.9 Å². The summed E-state index contributed by atoms with van der Waals surface area (Å²) in [4.78, 5) is 6.70. The zero-order valence-corrected chi connectivity index (χ0v) is 11.0. The zero-order valence-electron chi connectivity index (χ0n) is 11.0. The van der Waals surface area contributed by atoms with Gasteiger partial charge in [0.05, 0.1) is 0 Å². The van der Waals surface area contributed by atoms with Crippen molar-refractivity contribution in [2.24, 2.45) is 0 Å². The van der Waals surface area contributed by atoms with Gasteiger partial charge >= 0.3 is 0 Å². The van der Waals surface area contributed by atoms with E-state index in [1.165, 1.54) is 5.56 Å². The first-order chi connectivity index (χ1) is 7.57. The third kappa shape index (κ3) is 2.95. The van der Waals surface area contributed by atoms with E-state index in [0.717, 1.165) is 12.4 Å². The van der Waals surface area contributed by atoms with Gasteiger partial charge in [0.25, 0.3) is 0 Å². The number of hydrogen-bond acceptors (Lipinski definition) is 3. The van der Waals surface area contributed by atoms with Crippen molar-refractivity contribution in [3.8, 4) is 0 Å². The molecule has 1 heterocycles. The van der Waals surface area contributed by atoms with Crippen LogP contribution >= 0.6 is 0 Å². The van der Waals surface area contributed by atoms with Crippen LogP contribution in [0.2, 0.25) is 0 Å². The molecule has 0 aliphatic rings. The molecule has 90 valence electrons. The van der Waals surface area contributed by atoms with Gasteiger partial charge in [0.1, 0.15) is 5.82 Å². The maximum atomic E-state index is 4.49. The summed E-state index contributed by atoms with van der Waals surface area (Å²) in [7, 11) is 2.09. The molecule has 0 amide bonds. The lowest BCUT2D eigenvalue weighted by atomic mass is 10.1. The highest BCUT2D eigenvalue weighted by Crippen LogP contribution is 2.23. The van der Waals surface area contributed by atoms with E-state index in [0.29, 0.717) is 12.1 Å². The number of pyridine rings is 1. The first-order valence-electron chi connectivity index (χ1n) is 5.99. The minimum absolute atomic E-state index is 0.342. The summed E-state index contributed by atoms with van der Waals surface area (Å²) in [6, 6.07) is 4.95. The number of hydrogen-bond donors (Lipinski definition) is 1. The Kier molecular flexibility index (Phi) is 4.74. The molecule has 0 saturated carbocycles. The molecule has 3 heteroatoms. The van der Waals surface area contributed by atoms with Gasteiger partial charge in [0.2, 0.25) is 0 Å². The van der Waals surface area contributed by atoms with Crippen LogP contribution in [0.1, 0.15) is 39.3 Å². The van der Waals surface area contributed by atoms with Crippen LogP contribution in [0.4, 0.5) is 5.82 Å². The Morgan fingerprint density at radius 3 is 2.62 bits per heavy atom. The topological polar surface area (TPSA) is 28.2 Å². The predicted molar refractivity (Wildman–Crippen MR) is 69.9 cm³/mol. The van der Waals surface area contributed by atoms with E-state index in [4.69, 9.17) is 0 Å². The van der Waals surface area contributed by atoms with E-state index in [-0.39, 0.29) is 0 Å². The van der Waals surface area contributed by atoms with E-state index in [1.807, 2.05) is 12.3 Å². The number of nitrogens with one attached hydrogen (secondary N) is 1. The van der Waals surface area contributed by atoms with E-state index >= 15 is 0 Å². The minimum Gasteiger partial charge on any atom is -0.357 e. The fraction of sp³-hybridized carbons (Fsp3) is 0.615. The molecule has 3 nitrogen and oxygen atoms in total. The third-order valence-electron chi connectivity index (χ3n) is 2.90. The normalized spacial score (nSPS) is 12.9. The standard InChI is InChI=1S/C13H23N3/c1-6-14-11(4)12-8-7-9-15-13(12)16(5)10(2)3/h7-11,14H,6H2,1-5H3. The third-order valence-corrected chi connectivity index (χ3v) is 2.90. The molecule has 1 unspecified atom stereocenters. The summed E-state index contributed by atoms with van der Waals surface area (Å²) in [6.07, 6.45) is 1.86. The Hall–Kier alpha value is -1.09. The molecule has 0 aliphatic carbocycles. The second-order valence-electron chi connectivity index (χ2n) is 4.40. The summed E-state index contributed by atoms with van der Waals surface area (Å²) < 4.78 is 0. The first kappa shape index (κ1) is 13.0. The molecular weight excluding hydrogens is 198 g/mol. The average molecular weight is 221 g/mol. The van der Waals surface area contributed by atoms with Crippen LogP contribution in [0, 0.1) is 0 Å². The van der Waals surface area contributed by atoms with Gasteiger partial charge in [0, 0.05) is 30.9 Å². The summed E-state index contributed by atoms with van der Waals surface area (Å²) in [5, 5.41) is 3.43. The van der Waals surface area contributed by atoms with Gasteiger partial charge in [-0.25, -0.2) is 4.98 Å². The molecule has 1 aromatic rings. The second kappa shape index (κ2) is 5.85. The predicted octanol–water partition coefficient (Wildman–Crippen LogP) is 2.60. The lowest BCUT2D eigenvalue weighted by Crippen LogP contribution is -2.29. The van der Waals surface area contributed by atoms with Crippen molar-refractivity contribution in [3.63, 3.8) is 0 Å². The summed E-state index contributed by atoms with van der Waals surface area (Å²) in [5.74, 6) is 1.07. The van der Waals surface area contributed by atoms with Gasteiger partial charge in [-0.2, -0.15) is 0 Å². The highest BCUT2D eigenvalue weighted by Gasteiger charge is 2.15.